The van der Waals surface area contributed by atoms with Gasteiger partial charge in [-0.05, 0) is 55.9 Å². The summed E-state index contributed by atoms with van der Waals surface area (Å²) in [6.45, 7) is 4.57. The highest BCUT2D eigenvalue weighted by Gasteiger charge is 2.28. The molecule has 1 saturated carbocycles. The molecular weight excluding hydrogens is 246 g/mol. The van der Waals surface area contributed by atoms with E-state index in [0.29, 0.717) is 6.04 Å². The first-order chi connectivity index (χ1) is 9.74. The van der Waals surface area contributed by atoms with Gasteiger partial charge < -0.3 is 10.2 Å². The largest absolute Gasteiger partial charge is 0.371 e. The van der Waals surface area contributed by atoms with Crippen LogP contribution in [0.2, 0.25) is 0 Å². The number of anilines is 1. The predicted octanol–water partition coefficient (Wildman–Crippen LogP) is 2.92. The second-order valence-corrected chi connectivity index (χ2v) is 6.36. The van der Waals surface area contributed by atoms with Crippen molar-refractivity contribution in [2.75, 3.05) is 18.0 Å². The maximum atomic E-state index is 8.83. The Bertz CT molecular complexity index is 474. The van der Waals surface area contributed by atoms with Gasteiger partial charge in [-0.3, -0.25) is 0 Å². The van der Waals surface area contributed by atoms with Gasteiger partial charge in [0.1, 0.15) is 0 Å². The average molecular weight is 269 g/mol. The fraction of sp³-hybridized carbons (Fsp3) is 0.588. The van der Waals surface area contributed by atoms with E-state index in [2.05, 4.69) is 35.3 Å². The molecular formula is C17H23N3. The molecule has 106 valence electrons. The molecule has 1 saturated heterocycles. The summed E-state index contributed by atoms with van der Waals surface area (Å²) in [7, 11) is 0. The van der Waals surface area contributed by atoms with Crippen LogP contribution in [0.1, 0.15) is 38.2 Å². The number of nitrogens with zero attached hydrogens (tertiary/aromatic N) is 2. The topological polar surface area (TPSA) is 39.1 Å². The molecule has 0 aromatic heterocycles. The van der Waals surface area contributed by atoms with Crippen LogP contribution in [0.25, 0.3) is 0 Å². The van der Waals surface area contributed by atoms with Crippen molar-refractivity contribution in [2.24, 2.45) is 5.92 Å². The molecule has 0 radical (unpaired) electrons. The van der Waals surface area contributed by atoms with Crippen molar-refractivity contribution in [1.82, 2.24) is 5.32 Å². The number of nitriles is 1. The lowest BCUT2D eigenvalue weighted by Gasteiger charge is -2.40. The molecule has 3 rings (SSSR count). The Labute approximate surface area is 121 Å². The normalized spacial score (nSPS) is 26.9. The second kappa shape index (κ2) is 5.85. The highest BCUT2D eigenvalue weighted by atomic mass is 15.1. The van der Waals surface area contributed by atoms with E-state index < -0.39 is 0 Å². The van der Waals surface area contributed by atoms with Gasteiger partial charge in [0.2, 0.25) is 0 Å². The standard InChI is InChI=1S/C17H23N3/c1-13-10-16(11-13)19-15-6-8-20(9-7-15)17-4-2-14(12-18)3-5-17/h2-5,13,15-16,19H,6-11H2,1H3. The van der Waals surface area contributed by atoms with Crippen LogP contribution < -0.4 is 10.2 Å². The molecule has 20 heavy (non-hydrogen) atoms. The summed E-state index contributed by atoms with van der Waals surface area (Å²) in [5.41, 5.74) is 1.99. The number of benzene rings is 1. The maximum absolute atomic E-state index is 8.83. The van der Waals surface area contributed by atoms with E-state index >= 15 is 0 Å². The Morgan fingerprint density at radius 2 is 1.75 bits per heavy atom. The van der Waals surface area contributed by atoms with E-state index in [9.17, 15) is 0 Å². The minimum atomic E-state index is 0.696. The molecule has 0 unspecified atom stereocenters. The molecule has 1 heterocycles. The molecule has 0 bridgehead atoms. The summed E-state index contributed by atoms with van der Waals surface area (Å²) in [4.78, 5) is 2.43. The van der Waals surface area contributed by atoms with Crippen molar-refractivity contribution in [1.29, 1.82) is 5.26 Å². The number of piperidine rings is 1. The van der Waals surface area contributed by atoms with Gasteiger partial charge in [0, 0.05) is 30.9 Å². The van der Waals surface area contributed by atoms with Crippen LogP contribution in [0.4, 0.5) is 5.69 Å². The quantitative estimate of drug-likeness (QED) is 0.917. The van der Waals surface area contributed by atoms with Crippen molar-refractivity contribution in [2.45, 2.75) is 44.7 Å². The molecule has 3 nitrogen and oxygen atoms in total. The van der Waals surface area contributed by atoms with Crippen LogP contribution >= 0.6 is 0 Å². The molecule has 3 heteroatoms. The first-order valence-corrected chi connectivity index (χ1v) is 7.76. The van der Waals surface area contributed by atoms with E-state index in [1.54, 1.807) is 0 Å². The highest BCUT2D eigenvalue weighted by Crippen LogP contribution is 2.28. The summed E-state index contributed by atoms with van der Waals surface area (Å²) in [5, 5.41) is 12.6. The Morgan fingerprint density at radius 3 is 2.30 bits per heavy atom. The first kappa shape index (κ1) is 13.5. The zero-order chi connectivity index (χ0) is 13.9. The fourth-order valence-electron chi connectivity index (χ4n) is 3.42. The molecule has 2 fully saturated rings. The third-order valence-corrected chi connectivity index (χ3v) is 4.70. The summed E-state index contributed by atoms with van der Waals surface area (Å²) in [5.74, 6) is 0.922. The van der Waals surface area contributed by atoms with Crippen LogP contribution in [0.5, 0.6) is 0 Å². The van der Waals surface area contributed by atoms with Crippen LogP contribution in [0.15, 0.2) is 24.3 Å². The van der Waals surface area contributed by atoms with Crippen LogP contribution in [-0.4, -0.2) is 25.2 Å². The SMILES string of the molecule is CC1CC(NC2CCN(c3ccc(C#N)cc3)CC2)C1. The Morgan fingerprint density at radius 1 is 1.10 bits per heavy atom. The van der Waals surface area contributed by atoms with Gasteiger partial charge >= 0.3 is 0 Å². The Kier molecular flexibility index (Phi) is 3.93. The lowest BCUT2D eigenvalue weighted by molar-refractivity contribution is 0.211. The summed E-state index contributed by atoms with van der Waals surface area (Å²) < 4.78 is 0. The smallest absolute Gasteiger partial charge is 0.0991 e. The minimum absolute atomic E-state index is 0.696. The zero-order valence-electron chi connectivity index (χ0n) is 12.2. The highest BCUT2D eigenvalue weighted by molar-refractivity contribution is 5.50. The van der Waals surface area contributed by atoms with Gasteiger partial charge in [0.15, 0.2) is 0 Å². The van der Waals surface area contributed by atoms with Gasteiger partial charge in [-0.2, -0.15) is 5.26 Å². The lowest BCUT2D eigenvalue weighted by atomic mass is 9.81. The predicted molar refractivity (Wildman–Crippen MR) is 81.7 cm³/mol. The van der Waals surface area contributed by atoms with Gasteiger partial charge in [-0.25, -0.2) is 0 Å². The molecule has 1 aliphatic carbocycles. The number of hydrogen-bond donors (Lipinski definition) is 1. The number of hydrogen-bond acceptors (Lipinski definition) is 3. The van der Waals surface area contributed by atoms with Crippen molar-refractivity contribution < 1.29 is 0 Å². The summed E-state index contributed by atoms with van der Waals surface area (Å²) >= 11 is 0. The second-order valence-electron chi connectivity index (χ2n) is 6.36. The Hall–Kier alpha value is -1.53. The molecule has 1 N–H and O–H groups in total. The van der Waals surface area contributed by atoms with E-state index in [4.69, 9.17) is 5.26 Å². The summed E-state index contributed by atoms with van der Waals surface area (Å²) in [6, 6.07) is 11.6. The van der Waals surface area contributed by atoms with Crippen LogP contribution in [0.3, 0.4) is 0 Å². The third kappa shape index (κ3) is 2.96. The van der Waals surface area contributed by atoms with Crippen LogP contribution in [0, 0.1) is 17.2 Å². The van der Waals surface area contributed by atoms with Gasteiger partial charge in [0.05, 0.1) is 11.6 Å². The van der Waals surface area contributed by atoms with Gasteiger partial charge in [-0.1, -0.05) is 6.92 Å². The average Bonchev–Trinajstić information content (AvgIpc) is 2.47. The fourth-order valence-corrected chi connectivity index (χ4v) is 3.42. The molecule has 1 aromatic carbocycles. The maximum Gasteiger partial charge on any atom is 0.0991 e. The summed E-state index contributed by atoms with van der Waals surface area (Å²) in [6.07, 6.45) is 5.17. The number of rotatable bonds is 3. The molecule has 2 aliphatic rings. The van der Waals surface area contributed by atoms with Crippen molar-refractivity contribution in [3.8, 4) is 6.07 Å². The molecule has 0 atom stereocenters. The number of nitrogens with one attached hydrogen (secondary N) is 1. The van der Waals surface area contributed by atoms with Gasteiger partial charge in [-0.15, -0.1) is 0 Å². The monoisotopic (exact) mass is 269 g/mol. The Balaban J connectivity index is 1.49. The van der Waals surface area contributed by atoms with Crippen molar-refractivity contribution >= 4 is 5.69 Å². The minimum Gasteiger partial charge on any atom is -0.371 e. The third-order valence-electron chi connectivity index (χ3n) is 4.70. The molecule has 0 spiro atoms. The van der Waals surface area contributed by atoms with Gasteiger partial charge in [0.25, 0.3) is 0 Å². The zero-order valence-corrected chi connectivity index (χ0v) is 12.2. The first-order valence-electron chi connectivity index (χ1n) is 7.76. The van der Waals surface area contributed by atoms with Crippen molar-refractivity contribution in [3.63, 3.8) is 0 Å². The molecule has 1 aliphatic heterocycles. The van der Waals surface area contributed by atoms with E-state index in [1.165, 1.54) is 31.4 Å². The van der Waals surface area contributed by atoms with E-state index in [-0.39, 0.29) is 0 Å². The lowest BCUT2D eigenvalue weighted by Crippen LogP contribution is -2.50. The van der Waals surface area contributed by atoms with Crippen molar-refractivity contribution in [3.05, 3.63) is 29.8 Å². The van der Waals surface area contributed by atoms with E-state index in [0.717, 1.165) is 30.6 Å². The van der Waals surface area contributed by atoms with E-state index in [1.807, 2.05) is 12.1 Å². The molecule has 1 aromatic rings. The molecule has 0 amide bonds. The van der Waals surface area contributed by atoms with Crippen LogP contribution in [-0.2, 0) is 0 Å².